The van der Waals surface area contributed by atoms with Gasteiger partial charge in [0, 0.05) is 32.1 Å². The standard InChI is InChI=1S/C29H37N3O/c1-3-17-31(25-7-5-6-8-25)20-24-13-16-28-27(18-24)30-29(32(28)21-23-9-10-23)19-22-11-14-26(15-12-22)33-4-2/h3,11-16,18,23,25H,1,4-10,17,19-21H2,2H3. The molecule has 5 rings (SSSR count). The van der Waals surface area contributed by atoms with Crippen LogP contribution in [0.4, 0.5) is 0 Å². The Morgan fingerprint density at radius 1 is 1.06 bits per heavy atom. The van der Waals surface area contributed by atoms with Gasteiger partial charge in [0.25, 0.3) is 0 Å². The van der Waals surface area contributed by atoms with Gasteiger partial charge < -0.3 is 9.30 Å². The number of fused-ring (bicyclic) bond motifs is 1. The lowest BCUT2D eigenvalue weighted by Gasteiger charge is -2.27. The Bertz CT molecular complexity index is 1070. The molecule has 3 aromatic rings. The molecule has 2 aliphatic carbocycles. The monoisotopic (exact) mass is 443 g/mol. The normalized spacial score (nSPS) is 16.7. The summed E-state index contributed by atoms with van der Waals surface area (Å²) in [5.41, 5.74) is 5.06. The van der Waals surface area contributed by atoms with E-state index < -0.39 is 0 Å². The minimum atomic E-state index is 0.696. The Labute approximate surface area is 198 Å². The van der Waals surface area contributed by atoms with Crippen molar-refractivity contribution in [2.45, 2.75) is 71.0 Å². The predicted octanol–water partition coefficient (Wildman–Crippen LogP) is 6.37. The number of benzene rings is 2. The second kappa shape index (κ2) is 10.1. The van der Waals surface area contributed by atoms with Crippen LogP contribution >= 0.6 is 0 Å². The summed E-state index contributed by atoms with van der Waals surface area (Å²) in [6.07, 6.45) is 11.0. The number of aromatic nitrogens is 2. The summed E-state index contributed by atoms with van der Waals surface area (Å²) < 4.78 is 8.09. The average molecular weight is 444 g/mol. The Kier molecular flexibility index (Phi) is 6.82. The molecule has 2 aromatic carbocycles. The van der Waals surface area contributed by atoms with Crippen molar-refractivity contribution in [3.8, 4) is 5.75 Å². The Morgan fingerprint density at radius 2 is 1.82 bits per heavy atom. The van der Waals surface area contributed by atoms with Crippen molar-refractivity contribution >= 4 is 11.0 Å². The topological polar surface area (TPSA) is 30.3 Å². The molecule has 174 valence electrons. The third-order valence-electron chi connectivity index (χ3n) is 7.22. The lowest BCUT2D eigenvalue weighted by Crippen LogP contribution is -2.32. The maximum absolute atomic E-state index is 5.61. The molecule has 2 fully saturated rings. The summed E-state index contributed by atoms with van der Waals surface area (Å²) in [5, 5.41) is 0. The van der Waals surface area contributed by atoms with Gasteiger partial charge in [0.15, 0.2) is 0 Å². The fourth-order valence-electron chi connectivity index (χ4n) is 5.29. The van der Waals surface area contributed by atoms with E-state index in [0.29, 0.717) is 12.6 Å². The van der Waals surface area contributed by atoms with E-state index in [1.807, 2.05) is 6.92 Å². The summed E-state index contributed by atoms with van der Waals surface area (Å²) in [6, 6.07) is 16.1. The van der Waals surface area contributed by atoms with Gasteiger partial charge >= 0.3 is 0 Å². The van der Waals surface area contributed by atoms with Crippen LogP contribution in [0.5, 0.6) is 5.75 Å². The van der Waals surface area contributed by atoms with E-state index in [4.69, 9.17) is 9.72 Å². The molecule has 1 heterocycles. The molecular weight excluding hydrogens is 406 g/mol. The van der Waals surface area contributed by atoms with E-state index in [1.165, 1.54) is 61.0 Å². The van der Waals surface area contributed by atoms with Gasteiger partial charge in [-0.25, -0.2) is 4.98 Å². The van der Waals surface area contributed by atoms with E-state index >= 15 is 0 Å². The smallest absolute Gasteiger partial charge is 0.119 e. The van der Waals surface area contributed by atoms with Crippen molar-refractivity contribution in [2.75, 3.05) is 13.2 Å². The molecule has 4 nitrogen and oxygen atoms in total. The number of ether oxygens (including phenoxy) is 1. The van der Waals surface area contributed by atoms with Crippen molar-refractivity contribution in [3.63, 3.8) is 0 Å². The molecule has 2 aliphatic rings. The molecule has 4 heteroatoms. The molecule has 0 aliphatic heterocycles. The van der Waals surface area contributed by atoms with Crippen molar-refractivity contribution in [3.05, 3.63) is 72.1 Å². The van der Waals surface area contributed by atoms with Crippen molar-refractivity contribution in [1.82, 2.24) is 14.5 Å². The van der Waals surface area contributed by atoms with E-state index in [1.54, 1.807) is 0 Å². The first kappa shape index (κ1) is 22.2. The summed E-state index contributed by atoms with van der Waals surface area (Å²) in [5.74, 6) is 2.92. The summed E-state index contributed by atoms with van der Waals surface area (Å²) in [4.78, 5) is 7.75. The lowest BCUT2D eigenvalue weighted by molar-refractivity contribution is 0.211. The van der Waals surface area contributed by atoms with Crippen LogP contribution < -0.4 is 4.74 Å². The van der Waals surface area contributed by atoms with E-state index in [0.717, 1.165) is 43.2 Å². The first-order valence-electron chi connectivity index (χ1n) is 12.8. The zero-order valence-corrected chi connectivity index (χ0v) is 20.0. The molecule has 0 bridgehead atoms. The van der Waals surface area contributed by atoms with Gasteiger partial charge in [0.1, 0.15) is 11.6 Å². The van der Waals surface area contributed by atoms with Gasteiger partial charge in [-0.3, -0.25) is 4.90 Å². The largest absolute Gasteiger partial charge is 0.494 e. The van der Waals surface area contributed by atoms with Crippen LogP contribution in [0, 0.1) is 5.92 Å². The zero-order valence-electron chi connectivity index (χ0n) is 20.0. The number of hydrogen-bond donors (Lipinski definition) is 0. The molecule has 33 heavy (non-hydrogen) atoms. The SMILES string of the molecule is C=CCN(Cc1ccc2c(c1)nc(Cc1ccc(OCC)cc1)n2CC1CC1)C1CCCC1. The van der Waals surface area contributed by atoms with E-state index in [9.17, 15) is 0 Å². The quantitative estimate of drug-likeness (QED) is 0.323. The zero-order chi connectivity index (χ0) is 22.6. The number of imidazole rings is 1. The van der Waals surface area contributed by atoms with Gasteiger partial charge in [0.2, 0.25) is 0 Å². The molecule has 0 atom stereocenters. The minimum Gasteiger partial charge on any atom is -0.494 e. The van der Waals surface area contributed by atoms with Crippen LogP contribution in [0.3, 0.4) is 0 Å². The number of nitrogens with zero attached hydrogens (tertiary/aromatic N) is 3. The maximum Gasteiger partial charge on any atom is 0.119 e. The van der Waals surface area contributed by atoms with Crippen molar-refractivity contribution in [1.29, 1.82) is 0 Å². The van der Waals surface area contributed by atoms with E-state index in [-0.39, 0.29) is 0 Å². The summed E-state index contributed by atoms with van der Waals surface area (Å²) in [7, 11) is 0. The van der Waals surface area contributed by atoms with Gasteiger partial charge in [-0.15, -0.1) is 6.58 Å². The molecule has 0 radical (unpaired) electrons. The average Bonchev–Trinajstić information content (AvgIpc) is 3.35. The van der Waals surface area contributed by atoms with Crippen molar-refractivity contribution < 1.29 is 4.74 Å². The third kappa shape index (κ3) is 5.33. The molecule has 2 saturated carbocycles. The second-order valence-corrected chi connectivity index (χ2v) is 9.82. The van der Waals surface area contributed by atoms with E-state index in [2.05, 4.69) is 64.6 Å². The molecule has 0 N–H and O–H groups in total. The first-order valence-corrected chi connectivity index (χ1v) is 12.8. The third-order valence-corrected chi connectivity index (χ3v) is 7.22. The predicted molar refractivity (Wildman–Crippen MR) is 136 cm³/mol. The van der Waals surface area contributed by atoms with Gasteiger partial charge in [0.05, 0.1) is 17.6 Å². The first-order chi connectivity index (χ1) is 16.2. The summed E-state index contributed by atoms with van der Waals surface area (Å²) >= 11 is 0. The van der Waals surface area contributed by atoms with Crippen LogP contribution in [-0.4, -0.2) is 33.6 Å². The van der Waals surface area contributed by atoms with Crippen LogP contribution in [0.15, 0.2) is 55.1 Å². The van der Waals surface area contributed by atoms with Crippen LogP contribution in [0.2, 0.25) is 0 Å². The van der Waals surface area contributed by atoms with Crippen LogP contribution in [0.25, 0.3) is 11.0 Å². The van der Waals surface area contributed by atoms with Crippen LogP contribution in [-0.2, 0) is 19.5 Å². The molecule has 1 aromatic heterocycles. The summed E-state index contributed by atoms with van der Waals surface area (Å²) in [6.45, 7) is 9.75. The minimum absolute atomic E-state index is 0.696. The lowest BCUT2D eigenvalue weighted by atomic mass is 10.1. The fraction of sp³-hybridized carbons (Fsp3) is 0.483. The molecular formula is C29H37N3O. The molecule has 0 saturated heterocycles. The maximum atomic E-state index is 5.61. The van der Waals surface area contributed by atoms with Gasteiger partial charge in [-0.2, -0.15) is 0 Å². The van der Waals surface area contributed by atoms with Gasteiger partial charge in [-0.1, -0.05) is 37.1 Å². The highest BCUT2D eigenvalue weighted by Gasteiger charge is 2.25. The molecule has 0 spiro atoms. The van der Waals surface area contributed by atoms with Crippen molar-refractivity contribution in [2.24, 2.45) is 5.92 Å². The Balaban J connectivity index is 1.40. The fourth-order valence-corrected chi connectivity index (χ4v) is 5.29. The highest BCUT2D eigenvalue weighted by Crippen LogP contribution is 2.33. The molecule has 0 unspecified atom stereocenters. The number of rotatable bonds is 11. The highest BCUT2D eigenvalue weighted by molar-refractivity contribution is 5.77. The molecule has 0 amide bonds. The number of hydrogen-bond acceptors (Lipinski definition) is 3. The van der Waals surface area contributed by atoms with Crippen LogP contribution in [0.1, 0.15) is 62.4 Å². The van der Waals surface area contributed by atoms with Gasteiger partial charge in [-0.05, 0) is 73.9 Å². The second-order valence-electron chi connectivity index (χ2n) is 9.82. The Hall–Kier alpha value is -2.59. The highest BCUT2D eigenvalue weighted by atomic mass is 16.5. The Morgan fingerprint density at radius 3 is 2.52 bits per heavy atom.